The Labute approximate surface area is 170 Å². The van der Waals surface area contributed by atoms with Gasteiger partial charge in [0.2, 0.25) is 5.91 Å². The molecule has 3 rings (SSSR count). The number of hydrogen-bond donors (Lipinski definition) is 2. The molecule has 1 saturated heterocycles. The van der Waals surface area contributed by atoms with E-state index in [0.29, 0.717) is 42.9 Å². The van der Waals surface area contributed by atoms with E-state index in [9.17, 15) is 14.4 Å². The van der Waals surface area contributed by atoms with Gasteiger partial charge in [-0.05, 0) is 49.2 Å². The first-order chi connectivity index (χ1) is 14.1. The van der Waals surface area contributed by atoms with Crippen LogP contribution < -0.4 is 10.6 Å². The Kier molecular flexibility index (Phi) is 6.97. The molecule has 3 amide bonds. The van der Waals surface area contributed by atoms with Crippen molar-refractivity contribution in [2.45, 2.75) is 18.9 Å². The van der Waals surface area contributed by atoms with E-state index in [1.807, 2.05) is 6.07 Å². The lowest BCUT2D eigenvalue weighted by molar-refractivity contribution is -0.125. The average molecular weight is 395 g/mol. The largest absolute Gasteiger partial charge is 0.383 e. The molecule has 0 bridgehead atoms. The van der Waals surface area contributed by atoms with Gasteiger partial charge in [0.15, 0.2) is 0 Å². The van der Waals surface area contributed by atoms with Gasteiger partial charge in [-0.3, -0.25) is 14.4 Å². The molecule has 2 aromatic carbocycles. The molecule has 7 heteroatoms. The van der Waals surface area contributed by atoms with Crippen molar-refractivity contribution in [2.24, 2.45) is 0 Å². The molecule has 0 saturated carbocycles. The van der Waals surface area contributed by atoms with Crippen LogP contribution in [-0.2, 0) is 9.53 Å². The highest BCUT2D eigenvalue weighted by molar-refractivity contribution is 6.04. The second-order valence-electron chi connectivity index (χ2n) is 6.84. The molecule has 7 nitrogen and oxygen atoms in total. The van der Waals surface area contributed by atoms with Crippen LogP contribution in [0.1, 0.15) is 33.6 Å². The van der Waals surface area contributed by atoms with Gasteiger partial charge in [-0.2, -0.15) is 0 Å². The fraction of sp³-hybridized carbons (Fsp3) is 0.318. The lowest BCUT2D eigenvalue weighted by Crippen LogP contribution is -2.46. The molecule has 0 aromatic heterocycles. The van der Waals surface area contributed by atoms with Gasteiger partial charge in [0.05, 0.1) is 6.61 Å². The van der Waals surface area contributed by atoms with Gasteiger partial charge in [-0.25, -0.2) is 0 Å². The normalized spacial score (nSPS) is 15.8. The molecule has 2 aromatic rings. The molecule has 29 heavy (non-hydrogen) atoms. The summed E-state index contributed by atoms with van der Waals surface area (Å²) in [6, 6.07) is 15.2. The second kappa shape index (κ2) is 9.84. The predicted molar refractivity (Wildman–Crippen MR) is 110 cm³/mol. The minimum absolute atomic E-state index is 0.153. The highest BCUT2D eigenvalue weighted by atomic mass is 16.5. The summed E-state index contributed by atoms with van der Waals surface area (Å²) in [5, 5.41) is 5.61. The first-order valence-corrected chi connectivity index (χ1v) is 9.64. The Hall–Kier alpha value is -3.19. The molecule has 1 aliphatic heterocycles. The number of carbonyl (C=O) groups is 3. The number of amides is 3. The number of ether oxygens (including phenoxy) is 1. The zero-order valence-electron chi connectivity index (χ0n) is 16.4. The SMILES string of the molecule is COCCNC(=O)[C@@H]1CCCN1C(=O)c1ccc(NC(=O)c2ccccc2)cc1. The smallest absolute Gasteiger partial charge is 0.255 e. The van der Waals surface area contributed by atoms with E-state index in [1.54, 1.807) is 60.5 Å². The Balaban J connectivity index is 1.62. The van der Waals surface area contributed by atoms with Gasteiger partial charge in [0, 0.05) is 37.0 Å². The number of hydrogen-bond acceptors (Lipinski definition) is 4. The minimum Gasteiger partial charge on any atom is -0.383 e. The zero-order valence-corrected chi connectivity index (χ0v) is 16.4. The third-order valence-electron chi connectivity index (χ3n) is 4.85. The summed E-state index contributed by atoms with van der Waals surface area (Å²) in [6.45, 7) is 1.40. The van der Waals surface area contributed by atoms with E-state index in [0.717, 1.165) is 6.42 Å². The Morgan fingerprint density at radius 1 is 1.03 bits per heavy atom. The number of nitrogens with zero attached hydrogens (tertiary/aromatic N) is 1. The van der Waals surface area contributed by atoms with E-state index < -0.39 is 6.04 Å². The maximum Gasteiger partial charge on any atom is 0.255 e. The maximum atomic E-state index is 12.9. The molecule has 0 aliphatic carbocycles. The van der Waals surface area contributed by atoms with Gasteiger partial charge in [-0.15, -0.1) is 0 Å². The van der Waals surface area contributed by atoms with Crippen LogP contribution in [-0.4, -0.2) is 55.5 Å². The third kappa shape index (κ3) is 5.20. The number of benzene rings is 2. The highest BCUT2D eigenvalue weighted by Gasteiger charge is 2.34. The van der Waals surface area contributed by atoms with Crippen molar-refractivity contribution < 1.29 is 19.1 Å². The molecule has 152 valence electrons. The van der Waals surface area contributed by atoms with Crippen LogP contribution in [0.25, 0.3) is 0 Å². The topological polar surface area (TPSA) is 87.7 Å². The lowest BCUT2D eigenvalue weighted by Gasteiger charge is -2.24. The Bertz CT molecular complexity index is 852. The number of likely N-dealkylation sites (tertiary alicyclic amines) is 1. The number of anilines is 1. The van der Waals surface area contributed by atoms with Crippen LogP contribution in [0.3, 0.4) is 0 Å². The number of carbonyl (C=O) groups excluding carboxylic acids is 3. The monoisotopic (exact) mass is 395 g/mol. The second-order valence-corrected chi connectivity index (χ2v) is 6.84. The first-order valence-electron chi connectivity index (χ1n) is 9.64. The summed E-state index contributed by atoms with van der Waals surface area (Å²) in [5.41, 5.74) is 1.65. The average Bonchev–Trinajstić information content (AvgIpc) is 3.24. The van der Waals surface area contributed by atoms with Crippen molar-refractivity contribution >= 4 is 23.4 Å². The van der Waals surface area contributed by atoms with E-state index in [4.69, 9.17) is 4.74 Å². The quantitative estimate of drug-likeness (QED) is 0.705. The maximum absolute atomic E-state index is 12.9. The van der Waals surface area contributed by atoms with Gasteiger partial charge in [-0.1, -0.05) is 18.2 Å². The molecular formula is C22H25N3O4. The summed E-state index contributed by atoms with van der Waals surface area (Å²) in [5.74, 6) is -0.549. The summed E-state index contributed by atoms with van der Waals surface area (Å²) in [4.78, 5) is 39.1. The van der Waals surface area contributed by atoms with Crippen molar-refractivity contribution in [2.75, 3.05) is 32.1 Å². The number of nitrogens with one attached hydrogen (secondary N) is 2. The van der Waals surface area contributed by atoms with Crippen molar-refractivity contribution in [1.29, 1.82) is 0 Å². The van der Waals surface area contributed by atoms with Crippen molar-refractivity contribution in [3.63, 3.8) is 0 Å². The van der Waals surface area contributed by atoms with Crippen molar-refractivity contribution in [1.82, 2.24) is 10.2 Å². The molecular weight excluding hydrogens is 370 g/mol. The number of methoxy groups -OCH3 is 1. The predicted octanol–water partition coefficient (Wildman–Crippen LogP) is 2.31. The van der Waals surface area contributed by atoms with Crippen LogP contribution in [0.15, 0.2) is 54.6 Å². The molecule has 1 atom stereocenters. The third-order valence-corrected chi connectivity index (χ3v) is 4.85. The summed E-state index contributed by atoms with van der Waals surface area (Å²) < 4.78 is 4.94. The van der Waals surface area contributed by atoms with Crippen molar-refractivity contribution in [3.05, 3.63) is 65.7 Å². The molecule has 1 heterocycles. The van der Waals surface area contributed by atoms with Crippen LogP contribution in [0, 0.1) is 0 Å². The van der Waals surface area contributed by atoms with Crippen molar-refractivity contribution in [3.8, 4) is 0 Å². The zero-order chi connectivity index (χ0) is 20.6. The fourth-order valence-electron chi connectivity index (χ4n) is 3.33. The summed E-state index contributed by atoms with van der Waals surface area (Å²) >= 11 is 0. The van der Waals surface area contributed by atoms with E-state index in [-0.39, 0.29) is 17.7 Å². The molecule has 1 aliphatic rings. The summed E-state index contributed by atoms with van der Waals surface area (Å²) in [6.07, 6.45) is 1.44. The van der Waals surface area contributed by atoms with Gasteiger partial charge in [0.25, 0.3) is 11.8 Å². The van der Waals surface area contributed by atoms with E-state index in [1.165, 1.54) is 0 Å². The van der Waals surface area contributed by atoms with Gasteiger partial charge < -0.3 is 20.3 Å². The Morgan fingerprint density at radius 3 is 2.45 bits per heavy atom. The fourth-order valence-corrected chi connectivity index (χ4v) is 3.33. The lowest BCUT2D eigenvalue weighted by atomic mass is 10.1. The molecule has 0 radical (unpaired) electrons. The van der Waals surface area contributed by atoms with E-state index in [2.05, 4.69) is 10.6 Å². The molecule has 1 fully saturated rings. The standard InChI is InChI=1S/C22H25N3O4/c1-29-15-13-23-21(27)19-8-5-14-25(19)22(28)17-9-11-18(12-10-17)24-20(26)16-6-3-2-4-7-16/h2-4,6-7,9-12,19H,5,8,13-15H2,1H3,(H,23,27)(H,24,26)/t19-/m0/s1. The van der Waals surface area contributed by atoms with Crippen LogP contribution in [0.2, 0.25) is 0 Å². The molecule has 0 spiro atoms. The van der Waals surface area contributed by atoms with Gasteiger partial charge >= 0.3 is 0 Å². The minimum atomic E-state index is -0.461. The van der Waals surface area contributed by atoms with Crippen LogP contribution in [0.4, 0.5) is 5.69 Å². The highest BCUT2D eigenvalue weighted by Crippen LogP contribution is 2.21. The molecule has 2 N–H and O–H groups in total. The van der Waals surface area contributed by atoms with Crippen LogP contribution in [0.5, 0.6) is 0 Å². The first kappa shape index (κ1) is 20.5. The van der Waals surface area contributed by atoms with Crippen LogP contribution >= 0.6 is 0 Å². The molecule has 0 unspecified atom stereocenters. The number of rotatable bonds is 7. The Morgan fingerprint density at radius 2 is 1.76 bits per heavy atom. The van der Waals surface area contributed by atoms with Gasteiger partial charge in [0.1, 0.15) is 6.04 Å². The summed E-state index contributed by atoms with van der Waals surface area (Å²) in [7, 11) is 1.57. The van der Waals surface area contributed by atoms with E-state index >= 15 is 0 Å².